The normalized spacial score (nSPS) is 15.6. The van der Waals surface area contributed by atoms with E-state index in [4.69, 9.17) is 0 Å². The maximum atomic E-state index is 12.5. The Balaban J connectivity index is 2.22. The summed E-state index contributed by atoms with van der Waals surface area (Å²) >= 11 is 0. The monoisotopic (exact) mass is 274 g/mol. The summed E-state index contributed by atoms with van der Waals surface area (Å²) in [6.45, 7) is 8.39. The van der Waals surface area contributed by atoms with Crippen molar-refractivity contribution < 1.29 is 9.59 Å². The number of carbonyl (C=O) groups is 2. The lowest BCUT2D eigenvalue weighted by Crippen LogP contribution is -2.42. The fourth-order valence-electron chi connectivity index (χ4n) is 2.31. The molecule has 1 aromatic rings. The molecule has 2 amide bonds. The van der Waals surface area contributed by atoms with Gasteiger partial charge in [0.1, 0.15) is 0 Å². The molecule has 1 heterocycles. The molecule has 1 atom stereocenters. The first kappa shape index (κ1) is 14.6. The number of nitrogens with zero attached hydrogens (tertiary/aromatic N) is 1. The van der Waals surface area contributed by atoms with E-state index in [1.807, 2.05) is 20.0 Å². The number of hydrogen-bond donors (Lipinski definition) is 1. The minimum atomic E-state index is -0.0172. The third kappa shape index (κ3) is 2.69. The van der Waals surface area contributed by atoms with Crippen LogP contribution in [0, 0.1) is 5.41 Å². The molecule has 1 aromatic carbocycles. The average Bonchev–Trinajstić information content (AvgIpc) is 2.73. The van der Waals surface area contributed by atoms with Crippen molar-refractivity contribution >= 4 is 17.5 Å². The van der Waals surface area contributed by atoms with Crippen LogP contribution in [0.15, 0.2) is 18.2 Å². The van der Waals surface area contributed by atoms with E-state index >= 15 is 0 Å². The van der Waals surface area contributed by atoms with Crippen LogP contribution in [0.2, 0.25) is 0 Å². The lowest BCUT2D eigenvalue weighted by molar-refractivity contribution is -0.115. The Morgan fingerprint density at radius 2 is 2.00 bits per heavy atom. The zero-order chi connectivity index (χ0) is 15.1. The fraction of sp³-hybridized carbons (Fsp3) is 0.500. The fourth-order valence-corrected chi connectivity index (χ4v) is 2.31. The van der Waals surface area contributed by atoms with Crippen LogP contribution in [0.5, 0.6) is 0 Å². The topological polar surface area (TPSA) is 49.4 Å². The van der Waals surface area contributed by atoms with Gasteiger partial charge in [0.05, 0.1) is 6.42 Å². The Kier molecular flexibility index (Phi) is 3.59. The van der Waals surface area contributed by atoms with Gasteiger partial charge in [-0.05, 0) is 30.0 Å². The molecule has 0 spiro atoms. The summed E-state index contributed by atoms with van der Waals surface area (Å²) < 4.78 is 0. The molecule has 108 valence electrons. The minimum absolute atomic E-state index is 0.0130. The third-order valence-electron chi connectivity index (χ3n) is 4.14. The molecule has 20 heavy (non-hydrogen) atoms. The molecule has 1 aliphatic rings. The van der Waals surface area contributed by atoms with Crippen LogP contribution >= 0.6 is 0 Å². The second-order valence-corrected chi connectivity index (χ2v) is 6.55. The highest BCUT2D eigenvalue weighted by Gasteiger charge is 2.28. The summed E-state index contributed by atoms with van der Waals surface area (Å²) in [4.78, 5) is 25.6. The molecule has 0 saturated carbocycles. The summed E-state index contributed by atoms with van der Waals surface area (Å²) in [5.74, 6) is -0.0302. The van der Waals surface area contributed by atoms with E-state index in [-0.39, 0.29) is 23.3 Å². The van der Waals surface area contributed by atoms with E-state index in [0.717, 1.165) is 11.3 Å². The second kappa shape index (κ2) is 4.93. The second-order valence-electron chi connectivity index (χ2n) is 6.55. The number of anilines is 1. The number of benzene rings is 1. The molecular weight excluding hydrogens is 252 g/mol. The zero-order valence-electron chi connectivity index (χ0n) is 12.8. The van der Waals surface area contributed by atoms with Crippen molar-refractivity contribution in [2.75, 3.05) is 12.4 Å². The van der Waals surface area contributed by atoms with E-state index < -0.39 is 0 Å². The highest BCUT2D eigenvalue weighted by Crippen LogP contribution is 2.27. The molecule has 1 N–H and O–H groups in total. The van der Waals surface area contributed by atoms with Crippen molar-refractivity contribution in [3.63, 3.8) is 0 Å². The highest BCUT2D eigenvalue weighted by molar-refractivity contribution is 6.02. The molecule has 1 aliphatic heterocycles. The number of carbonyl (C=O) groups excluding carboxylic acids is 2. The molecule has 0 aromatic heterocycles. The van der Waals surface area contributed by atoms with Gasteiger partial charge < -0.3 is 10.2 Å². The minimum Gasteiger partial charge on any atom is -0.338 e. The third-order valence-corrected chi connectivity index (χ3v) is 4.14. The quantitative estimate of drug-likeness (QED) is 0.901. The van der Waals surface area contributed by atoms with Gasteiger partial charge in [0.25, 0.3) is 5.91 Å². The van der Waals surface area contributed by atoms with Gasteiger partial charge in [0.2, 0.25) is 5.91 Å². The van der Waals surface area contributed by atoms with Crippen LogP contribution in [-0.2, 0) is 11.2 Å². The number of hydrogen-bond acceptors (Lipinski definition) is 2. The summed E-state index contributed by atoms with van der Waals surface area (Å²) in [5.41, 5.74) is 2.36. The first-order valence-electron chi connectivity index (χ1n) is 6.90. The van der Waals surface area contributed by atoms with Crippen LogP contribution in [0.25, 0.3) is 0 Å². The molecule has 0 aliphatic carbocycles. The first-order chi connectivity index (χ1) is 9.20. The Hall–Kier alpha value is -1.84. The van der Waals surface area contributed by atoms with Gasteiger partial charge in [-0.25, -0.2) is 0 Å². The van der Waals surface area contributed by atoms with Crippen LogP contribution in [0.1, 0.15) is 43.6 Å². The molecule has 4 nitrogen and oxygen atoms in total. The SMILES string of the molecule is CC(N(C)C(=O)c1ccc2c(c1)NC(=O)C2)C(C)(C)C. The smallest absolute Gasteiger partial charge is 0.253 e. The van der Waals surface area contributed by atoms with E-state index in [9.17, 15) is 9.59 Å². The maximum Gasteiger partial charge on any atom is 0.253 e. The van der Waals surface area contributed by atoms with Crippen molar-refractivity contribution in [3.8, 4) is 0 Å². The molecule has 0 radical (unpaired) electrons. The predicted octanol–water partition coefficient (Wildman–Crippen LogP) is 2.69. The van der Waals surface area contributed by atoms with Gasteiger partial charge in [-0.1, -0.05) is 26.8 Å². The zero-order valence-corrected chi connectivity index (χ0v) is 12.8. The van der Waals surface area contributed by atoms with Crippen molar-refractivity contribution in [1.29, 1.82) is 0 Å². The van der Waals surface area contributed by atoms with Crippen LogP contribution in [0.4, 0.5) is 5.69 Å². The van der Waals surface area contributed by atoms with E-state index in [0.29, 0.717) is 12.0 Å². The van der Waals surface area contributed by atoms with E-state index in [1.165, 1.54) is 0 Å². The molecule has 2 rings (SSSR count). The van der Waals surface area contributed by atoms with Crippen molar-refractivity contribution in [3.05, 3.63) is 29.3 Å². The van der Waals surface area contributed by atoms with Crippen LogP contribution in [-0.4, -0.2) is 29.8 Å². The Bertz CT molecular complexity index is 558. The van der Waals surface area contributed by atoms with Crippen LogP contribution in [0.3, 0.4) is 0 Å². The van der Waals surface area contributed by atoms with Crippen molar-refractivity contribution in [2.45, 2.75) is 40.2 Å². The average molecular weight is 274 g/mol. The molecule has 4 heteroatoms. The van der Waals surface area contributed by atoms with Gasteiger partial charge in [0.15, 0.2) is 0 Å². The van der Waals surface area contributed by atoms with Crippen molar-refractivity contribution in [2.24, 2.45) is 5.41 Å². The van der Waals surface area contributed by atoms with E-state index in [1.54, 1.807) is 17.0 Å². The Labute approximate surface area is 120 Å². The number of nitrogens with one attached hydrogen (secondary N) is 1. The van der Waals surface area contributed by atoms with Crippen LogP contribution < -0.4 is 5.32 Å². The van der Waals surface area contributed by atoms with Gasteiger partial charge in [0, 0.05) is 24.3 Å². The molecule has 0 saturated heterocycles. The molecule has 0 fully saturated rings. The maximum absolute atomic E-state index is 12.5. The van der Waals surface area contributed by atoms with Gasteiger partial charge in [-0.2, -0.15) is 0 Å². The summed E-state index contributed by atoms with van der Waals surface area (Å²) in [6.07, 6.45) is 0.401. The molecule has 1 unspecified atom stereocenters. The predicted molar refractivity (Wildman–Crippen MR) is 79.8 cm³/mol. The highest BCUT2D eigenvalue weighted by atomic mass is 16.2. The number of fused-ring (bicyclic) bond motifs is 1. The lowest BCUT2D eigenvalue weighted by atomic mass is 9.87. The van der Waals surface area contributed by atoms with Crippen molar-refractivity contribution in [1.82, 2.24) is 4.90 Å². The summed E-state index contributed by atoms with van der Waals surface area (Å²) in [6, 6.07) is 5.55. The summed E-state index contributed by atoms with van der Waals surface area (Å²) in [5, 5.41) is 2.78. The Morgan fingerprint density at radius 3 is 2.60 bits per heavy atom. The van der Waals surface area contributed by atoms with Gasteiger partial charge in [-0.3, -0.25) is 9.59 Å². The Morgan fingerprint density at radius 1 is 1.35 bits per heavy atom. The van der Waals surface area contributed by atoms with Gasteiger partial charge in [-0.15, -0.1) is 0 Å². The van der Waals surface area contributed by atoms with E-state index in [2.05, 4.69) is 26.1 Å². The number of amides is 2. The first-order valence-corrected chi connectivity index (χ1v) is 6.90. The summed E-state index contributed by atoms with van der Waals surface area (Å²) in [7, 11) is 1.82. The lowest BCUT2D eigenvalue weighted by Gasteiger charge is -2.35. The molecular formula is C16H22N2O2. The molecule has 0 bridgehead atoms. The standard InChI is InChI=1S/C16H22N2O2/c1-10(16(2,3)4)18(5)15(20)12-7-6-11-9-14(19)17-13(11)8-12/h6-8,10H,9H2,1-5H3,(H,17,19). The van der Waals surface area contributed by atoms with Gasteiger partial charge >= 0.3 is 0 Å². The largest absolute Gasteiger partial charge is 0.338 e. The number of rotatable bonds is 2.